The molecule has 142 valence electrons. The van der Waals surface area contributed by atoms with Gasteiger partial charge >= 0.3 is 0 Å². The second-order valence-electron chi connectivity index (χ2n) is 7.16. The molecule has 1 saturated heterocycles. The quantitative estimate of drug-likeness (QED) is 0.828. The fourth-order valence-corrected chi connectivity index (χ4v) is 3.74. The molecular formula is C20H25N5O2. The molecule has 0 radical (unpaired) electrons. The van der Waals surface area contributed by atoms with Crippen LogP contribution in [0.1, 0.15) is 18.9 Å². The van der Waals surface area contributed by atoms with Gasteiger partial charge in [0, 0.05) is 43.5 Å². The molecule has 1 aromatic carbocycles. The third kappa shape index (κ3) is 4.18. The van der Waals surface area contributed by atoms with Gasteiger partial charge in [0.05, 0.1) is 17.7 Å². The van der Waals surface area contributed by atoms with Crippen molar-refractivity contribution >= 4 is 22.5 Å². The second-order valence-corrected chi connectivity index (χ2v) is 7.16. The van der Waals surface area contributed by atoms with Gasteiger partial charge in [-0.2, -0.15) is 5.26 Å². The fraction of sp³-hybridized carbons (Fsp3) is 0.450. The first kappa shape index (κ1) is 19.1. The highest BCUT2D eigenvalue weighted by atomic mass is 16.5. The van der Waals surface area contributed by atoms with Gasteiger partial charge in [-0.3, -0.25) is 9.78 Å². The van der Waals surface area contributed by atoms with Gasteiger partial charge in [-0.05, 0) is 36.6 Å². The first-order chi connectivity index (χ1) is 13.0. The second kappa shape index (κ2) is 8.33. The number of piperidine rings is 1. The molecule has 1 amide bonds. The number of aromatic nitrogens is 1. The van der Waals surface area contributed by atoms with E-state index in [9.17, 15) is 10.1 Å². The topological polar surface area (TPSA) is 104 Å². The van der Waals surface area contributed by atoms with Gasteiger partial charge in [0.25, 0.3) is 0 Å². The highest BCUT2D eigenvalue weighted by Crippen LogP contribution is 2.31. The number of anilines is 1. The van der Waals surface area contributed by atoms with Crippen LogP contribution in [-0.2, 0) is 9.53 Å². The summed E-state index contributed by atoms with van der Waals surface area (Å²) in [5.41, 5.74) is 8.15. The minimum Gasteiger partial charge on any atom is -0.383 e. The zero-order valence-electron chi connectivity index (χ0n) is 15.7. The Morgan fingerprint density at radius 2 is 2.30 bits per heavy atom. The monoisotopic (exact) mass is 367 g/mol. The summed E-state index contributed by atoms with van der Waals surface area (Å²) in [5, 5.41) is 13.3. The van der Waals surface area contributed by atoms with Crippen LogP contribution in [0.2, 0.25) is 0 Å². The molecule has 1 fully saturated rings. The summed E-state index contributed by atoms with van der Waals surface area (Å²) in [4.78, 5) is 18.9. The fourth-order valence-electron chi connectivity index (χ4n) is 3.74. The normalized spacial score (nSPS) is 20.9. The van der Waals surface area contributed by atoms with Gasteiger partial charge in [0.15, 0.2) is 0 Å². The van der Waals surface area contributed by atoms with Gasteiger partial charge < -0.3 is 20.7 Å². The summed E-state index contributed by atoms with van der Waals surface area (Å²) in [6, 6.07) is 9.19. The van der Waals surface area contributed by atoms with Crippen LogP contribution in [-0.4, -0.2) is 49.8 Å². The SMILES string of the molecule is COCC(N)C(=O)N[C@@H]1C[C@H](C)CN(c2ccc(C#N)c3ncccc23)C1. The van der Waals surface area contributed by atoms with E-state index in [2.05, 4.69) is 28.2 Å². The highest BCUT2D eigenvalue weighted by Gasteiger charge is 2.28. The van der Waals surface area contributed by atoms with Crippen LogP contribution in [0.15, 0.2) is 30.5 Å². The number of carbonyl (C=O) groups is 1. The number of benzene rings is 1. The number of ether oxygens (including phenoxy) is 1. The van der Waals surface area contributed by atoms with Crippen LogP contribution < -0.4 is 16.0 Å². The number of nitriles is 1. The molecule has 1 unspecified atom stereocenters. The molecule has 2 aromatic rings. The lowest BCUT2D eigenvalue weighted by atomic mass is 9.94. The number of nitrogens with zero attached hydrogens (tertiary/aromatic N) is 3. The summed E-state index contributed by atoms with van der Waals surface area (Å²) in [6.45, 7) is 3.94. The van der Waals surface area contributed by atoms with Crippen LogP contribution >= 0.6 is 0 Å². The van der Waals surface area contributed by atoms with Crippen molar-refractivity contribution in [3.63, 3.8) is 0 Å². The predicted octanol–water partition coefficient (Wildman–Crippen LogP) is 1.41. The molecule has 3 rings (SSSR count). The molecule has 7 nitrogen and oxygen atoms in total. The Labute approximate surface area is 159 Å². The van der Waals surface area contributed by atoms with E-state index in [4.69, 9.17) is 10.5 Å². The van der Waals surface area contributed by atoms with Gasteiger partial charge in [0.2, 0.25) is 5.91 Å². The highest BCUT2D eigenvalue weighted by molar-refractivity contribution is 5.95. The molecule has 7 heteroatoms. The minimum atomic E-state index is -0.666. The maximum atomic E-state index is 12.3. The summed E-state index contributed by atoms with van der Waals surface area (Å²) < 4.78 is 4.97. The van der Waals surface area contributed by atoms with Gasteiger partial charge in [-0.25, -0.2) is 0 Å². The average Bonchev–Trinajstić information content (AvgIpc) is 2.66. The average molecular weight is 367 g/mol. The van der Waals surface area contributed by atoms with Crippen LogP contribution in [0.25, 0.3) is 10.9 Å². The van der Waals surface area contributed by atoms with Crippen molar-refractivity contribution in [2.24, 2.45) is 11.7 Å². The standard InChI is InChI=1S/C20H25N5O2/c1-13-8-15(24-20(26)17(22)12-27-2)11-25(10-13)18-6-5-14(9-21)19-16(18)4-3-7-23-19/h3-7,13,15,17H,8,10-12,22H2,1-2H3,(H,24,26)/t13-,15+,17?/m0/s1. The zero-order valence-corrected chi connectivity index (χ0v) is 15.7. The number of nitrogens with one attached hydrogen (secondary N) is 1. The predicted molar refractivity (Wildman–Crippen MR) is 104 cm³/mol. The van der Waals surface area contributed by atoms with Crippen molar-refractivity contribution in [1.29, 1.82) is 5.26 Å². The summed E-state index contributed by atoms with van der Waals surface area (Å²) in [5.74, 6) is 0.215. The lowest BCUT2D eigenvalue weighted by molar-refractivity contribution is -0.124. The molecule has 0 aliphatic carbocycles. The van der Waals surface area contributed by atoms with Crippen LogP contribution in [0, 0.1) is 17.2 Å². The molecule has 0 spiro atoms. The van der Waals surface area contributed by atoms with E-state index in [1.807, 2.05) is 24.3 Å². The molecule has 1 aliphatic rings. The molecule has 0 bridgehead atoms. The number of rotatable bonds is 5. The van der Waals surface area contributed by atoms with Crippen LogP contribution in [0.4, 0.5) is 5.69 Å². The van der Waals surface area contributed by atoms with Gasteiger partial charge in [0.1, 0.15) is 12.1 Å². The number of hydrogen-bond acceptors (Lipinski definition) is 6. The number of amides is 1. The Balaban J connectivity index is 1.84. The van der Waals surface area contributed by atoms with Crippen molar-refractivity contribution in [1.82, 2.24) is 10.3 Å². The molecule has 2 heterocycles. The molecule has 1 aliphatic heterocycles. The number of nitrogens with two attached hydrogens (primary N) is 1. The maximum absolute atomic E-state index is 12.3. The first-order valence-electron chi connectivity index (χ1n) is 9.11. The van der Waals surface area contributed by atoms with Gasteiger partial charge in [-0.1, -0.05) is 6.92 Å². The molecule has 1 aromatic heterocycles. The summed E-state index contributed by atoms with van der Waals surface area (Å²) in [6.07, 6.45) is 2.60. The van der Waals surface area contributed by atoms with E-state index in [0.29, 0.717) is 23.5 Å². The van der Waals surface area contributed by atoms with Crippen LogP contribution in [0.5, 0.6) is 0 Å². The number of pyridine rings is 1. The third-order valence-electron chi connectivity index (χ3n) is 4.90. The number of carbonyl (C=O) groups excluding carboxylic acids is 1. The third-order valence-corrected chi connectivity index (χ3v) is 4.90. The van der Waals surface area contributed by atoms with Gasteiger partial charge in [-0.15, -0.1) is 0 Å². The number of fused-ring (bicyclic) bond motifs is 1. The van der Waals surface area contributed by atoms with E-state index < -0.39 is 6.04 Å². The summed E-state index contributed by atoms with van der Waals surface area (Å²) in [7, 11) is 1.53. The number of methoxy groups -OCH3 is 1. The smallest absolute Gasteiger partial charge is 0.239 e. The molecule has 27 heavy (non-hydrogen) atoms. The lowest BCUT2D eigenvalue weighted by Crippen LogP contribution is -2.54. The Bertz CT molecular complexity index is 863. The van der Waals surface area contributed by atoms with E-state index in [0.717, 1.165) is 24.0 Å². The first-order valence-corrected chi connectivity index (χ1v) is 9.11. The van der Waals surface area contributed by atoms with E-state index in [-0.39, 0.29) is 18.6 Å². The van der Waals surface area contributed by atoms with Crippen molar-refractivity contribution in [2.75, 3.05) is 31.7 Å². The largest absolute Gasteiger partial charge is 0.383 e. The van der Waals surface area contributed by atoms with Crippen LogP contribution in [0.3, 0.4) is 0 Å². The summed E-state index contributed by atoms with van der Waals surface area (Å²) >= 11 is 0. The Morgan fingerprint density at radius 1 is 1.48 bits per heavy atom. The maximum Gasteiger partial charge on any atom is 0.239 e. The van der Waals surface area contributed by atoms with Crippen molar-refractivity contribution in [2.45, 2.75) is 25.4 Å². The zero-order chi connectivity index (χ0) is 19.4. The van der Waals surface area contributed by atoms with Crippen molar-refractivity contribution in [3.05, 3.63) is 36.0 Å². The van der Waals surface area contributed by atoms with E-state index in [1.54, 1.807) is 6.20 Å². The lowest BCUT2D eigenvalue weighted by Gasteiger charge is -2.39. The Kier molecular flexibility index (Phi) is 5.89. The van der Waals surface area contributed by atoms with Crippen molar-refractivity contribution < 1.29 is 9.53 Å². The molecule has 3 atom stereocenters. The van der Waals surface area contributed by atoms with E-state index >= 15 is 0 Å². The molecule has 0 saturated carbocycles. The Hall–Kier alpha value is -2.69. The minimum absolute atomic E-state index is 0.00604. The Morgan fingerprint density at radius 3 is 3.04 bits per heavy atom. The van der Waals surface area contributed by atoms with E-state index in [1.165, 1.54) is 7.11 Å². The van der Waals surface area contributed by atoms with Crippen molar-refractivity contribution in [3.8, 4) is 6.07 Å². The molecule has 3 N–H and O–H groups in total. The number of hydrogen-bond donors (Lipinski definition) is 2. The molecular weight excluding hydrogens is 342 g/mol.